The third-order valence-corrected chi connectivity index (χ3v) is 12.3. The van der Waals surface area contributed by atoms with E-state index in [4.69, 9.17) is 10.7 Å². The Morgan fingerprint density at radius 3 is 1.52 bits per heavy atom. The molecule has 6 aliphatic rings. The van der Waals surface area contributed by atoms with Crippen LogP contribution < -0.4 is 0 Å². The maximum absolute atomic E-state index is 12.9. The van der Waals surface area contributed by atoms with Gasteiger partial charge in [-0.25, -0.2) is 8.42 Å². The molecule has 6 fully saturated rings. The van der Waals surface area contributed by atoms with Gasteiger partial charge in [0.05, 0.1) is 4.90 Å². The first-order chi connectivity index (χ1) is 15.0. The molecule has 168 valence electrons. The standard InChI is InChI=1S/C27H35ClO2S/c28-31(29,30)25-8-7-21(22-12-15-1-4-18(22)9-15)26(23-13-16-2-5-19(23)10-16)27(25)24-14-17-3-6-20(24)11-17/h7-8,15-20,22-24H,1-6,9-14H2. The van der Waals surface area contributed by atoms with Gasteiger partial charge in [-0.2, -0.15) is 0 Å². The Balaban J connectivity index is 1.44. The molecular formula is C27H35ClO2S. The van der Waals surface area contributed by atoms with Gasteiger partial charge in [-0.15, -0.1) is 0 Å². The molecule has 9 atom stereocenters. The van der Waals surface area contributed by atoms with Gasteiger partial charge in [-0.05, 0) is 134 Å². The summed E-state index contributed by atoms with van der Waals surface area (Å²) in [6.45, 7) is 0. The lowest BCUT2D eigenvalue weighted by Gasteiger charge is -2.36. The summed E-state index contributed by atoms with van der Waals surface area (Å²) >= 11 is 0. The first-order valence-electron chi connectivity index (χ1n) is 13.1. The molecule has 0 saturated heterocycles. The van der Waals surface area contributed by atoms with Crippen molar-refractivity contribution in [1.29, 1.82) is 0 Å². The van der Waals surface area contributed by atoms with E-state index < -0.39 is 9.05 Å². The van der Waals surface area contributed by atoms with Crippen molar-refractivity contribution in [3.63, 3.8) is 0 Å². The van der Waals surface area contributed by atoms with Crippen molar-refractivity contribution >= 4 is 19.7 Å². The second kappa shape index (κ2) is 6.98. The third kappa shape index (κ3) is 3.04. The van der Waals surface area contributed by atoms with E-state index in [0.717, 1.165) is 29.6 Å². The van der Waals surface area contributed by atoms with Gasteiger partial charge in [-0.1, -0.05) is 25.3 Å². The fraction of sp³-hybridized carbons (Fsp3) is 0.778. The van der Waals surface area contributed by atoms with Gasteiger partial charge in [0.15, 0.2) is 0 Å². The highest BCUT2D eigenvalue weighted by atomic mass is 35.7. The minimum Gasteiger partial charge on any atom is -0.207 e. The van der Waals surface area contributed by atoms with Crippen LogP contribution in [0.25, 0.3) is 0 Å². The fourth-order valence-corrected chi connectivity index (χ4v) is 10.9. The summed E-state index contributed by atoms with van der Waals surface area (Å²) in [6.07, 6.45) is 16.1. The van der Waals surface area contributed by atoms with E-state index in [9.17, 15) is 8.42 Å². The Morgan fingerprint density at radius 1 is 0.613 bits per heavy atom. The van der Waals surface area contributed by atoms with E-state index in [1.807, 2.05) is 6.07 Å². The fourth-order valence-electron chi connectivity index (χ4n) is 9.79. The van der Waals surface area contributed by atoms with Gasteiger partial charge in [0.1, 0.15) is 0 Å². The highest BCUT2D eigenvalue weighted by molar-refractivity contribution is 8.13. The van der Waals surface area contributed by atoms with E-state index in [1.54, 1.807) is 5.56 Å². The molecule has 6 bridgehead atoms. The first-order valence-corrected chi connectivity index (χ1v) is 15.4. The van der Waals surface area contributed by atoms with Crippen LogP contribution in [0.1, 0.15) is 111 Å². The predicted molar refractivity (Wildman–Crippen MR) is 124 cm³/mol. The molecule has 0 N–H and O–H groups in total. The molecule has 0 spiro atoms. The van der Waals surface area contributed by atoms with E-state index in [-0.39, 0.29) is 0 Å². The topological polar surface area (TPSA) is 34.1 Å². The summed E-state index contributed by atoms with van der Waals surface area (Å²) in [5, 5.41) is 0. The van der Waals surface area contributed by atoms with Crippen molar-refractivity contribution in [1.82, 2.24) is 0 Å². The van der Waals surface area contributed by atoms with Crippen molar-refractivity contribution < 1.29 is 8.42 Å². The summed E-state index contributed by atoms with van der Waals surface area (Å²) in [5.41, 5.74) is 4.30. The maximum Gasteiger partial charge on any atom is 0.261 e. The summed E-state index contributed by atoms with van der Waals surface area (Å²) in [4.78, 5) is 0.483. The lowest BCUT2D eigenvalue weighted by Crippen LogP contribution is -2.22. The van der Waals surface area contributed by atoms with Crippen LogP contribution in [0.15, 0.2) is 17.0 Å². The number of halogens is 1. The molecule has 9 unspecified atom stereocenters. The van der Waals surface area contributed by atoms with Crippen molar-refractivity contribution in [2.75, 3.05) is 0 Å². The maximum atomic E-state index is 12.9. The van der Waals surface area contributed by atoms with Crippen LogP contribution in [0.5, 0.6) is 0 Å². The van der Waals surface area contributed by atoms with Gasteiger partial charge in [0.25, 0.3) is 9.05 Å². The molecule has 7 rings (SSSR count). The minimum atomic E-state index is -3.73. The molecule has 0 heterocycles. The van der Waals surface area contributed by atoms with Gasteiger partial charge >= 0.3 is 0 Å². The van der Waals surface area contributed by atoms with Crippen LogP contribution >= 0.6 is 10.7 Å². The quantitative estimate of drug-likeness (QED) is 0.442. The Kier molecular flexibility index (Phi) is 4.48. The number of fused-ring (bicyclic) bond motifs is 6. The number of hydrogen-bond donors (Lipinski definition) is 0. The summed E-state index contributed by atoms with van der Waals surface area (Å²) in [5.74, 6) is 6.53. The van der Waals surface area contributed by atoms with E-state index in [0.29, 0.717) is 28.6 Å². The molecule has 2 nitrogen and oxygen atoms in total. The zero-order valence-electron chi connectivity index (χ0n) is 18.4. The summed E-state index contributed by atoms with van der Waals surface area (Å²) in [6, 6.07) is 4.17. The molecule has 6 aliphatic carbocycles. The summed E-state index contributed by atoms with van der Waals surface area (Å²) < 4.78 is 25.7. The molecule has 0 aromatic heterocycles. The van der Waals surface area contributed by atoms with Crippen LogP contribution in [0.4, 0.5) is 0 Å². The molecular weight excluding hydrogens is 424 g/mol. The molecule has 0 amide bonds. The third-order valence-electron chi connectivity index (χ3n) is 10.9. The Labute approximate surface area is 191 Å². The largest absolute Gasteiger partial charge is 0.261 e. The van der Waals surface area contributed by atoms with E-state index in [1.165, 1.54) is 88.2 Å². The average molecular weight is 459 g/mol. The van der Waals surface area contributed by atoms with Crippen LogP contribution in [0, 0.1) is 35.5 Å². The van der Waals surface area contributed by atoms with Gasteiger partial charge in [0, 0.05) is 10.7 Å². The Morgan fingerprint density at radius 2 is 1.10 bits per heavy atom. The Hall–Kier alpha value is -0.540. The van der Waals surface area contributed by atoms with Crippen molar-refractivity contribution in [3.8, 4) is 0 Å². The first kappa shape index (κ1) is 19.9. The second-order valence-corrected chi connectivity index (χ2v) is 14.8. The van der Waals surface area contributed by atoms with Gasteiger partial charge < -0.3 is 0 Å². The smallest absolute Gasteiger partial charge is 0.207 e. The van der Waals surface area contributed by atoms with Crippen LogP contribution in [-0.4, -0.2) is 8.42 Å². The normalized spacial score (nSPS) is 45.3. The van der Waals surface area contributed by atoms with E-state index >= 15 is 0 Å². The molecule has 0 radical (unpaired) electrons. The molecule has 1 aromatic rings. The van der Waals surface area contributed by atoms with E-state index in [2.05, 4.69) is 6.07 Å². The molecule has 0 aliphatic heterocycles. The van der Waals surface area contributed by atoms with Crippen molar-refractivity contribution in [3.05, 3.63) is 28.8 Å². The highest BCUT2D eigenvalue weighted by Gasteiger charge is 2.49. The molecule has 31 heavy (non-hydrogen) atoms. The number of hydrogen-bond acceptors (Lipinski definition) is 2. The lowest BCUT2D eigenvalue weighted by atomic mass is 9.70. The highest BCUT2D eigenvalue weighted by Crippen LogP contribution is 2.62. The number of benzene rings is 1. The molecule has 6 saturated carbocycles. The molecule has 4 heteroatoms. The van der Waals surface area contributed by atoms with Gasteiger partial charge in [0.2, 0.25) is 0 Å². The van der Waals surface area contributed by atoms with Crippen molar-refractivity contribution in [2.24, 2.45) is 35.5 Å². The predicted octanol–water partition coefficient (Wildman–Crippen LogP) is 7.32. The second-order valence-electron chi connectivity index (χ2n) is 12.3. The Bertz CT molecular complexity index is 1020. The van der Waals surface area contributed by atoms with Crippen LogP contribution in [0.3, 0.4) is 0 Å². The van der Waals surface area contributed by atoms with Crippen molar-refractivity contribution in [2.45, 2.75) is 99.7 Å². The SMILES string of the molecule is O=S(=O)(Cl)c1ccc(C2CC3CCC2C3)c(C2CC3CCC2C3)c1C1CC2CCC1C2. The number of rotatable bonds is 4. The van der Waals surface area contributed by atoms with Gasteiger partial charge in [-0.3, -0.25) is 0 Å². The lowest BCUT2D eigenvalue weighted by molar-refractivity contribution is 0.377. The van der Waals surface area contributed by atoms with Crippen LogP contribution in [0.2, 0.25) is 0 Å². The monoisotopic (exact) mass is 458 g/mol. The zero-order valence-corrected chi connectivity index (χ0v) is 20.0. The minimum absolute atomic E-state index is 0.426. The zero-order chi connectivity index (χ0) is 20.9. The molecule has 1 aromatic carbocycles. The van der Waals surface area contributed by atoms with Crippen LogP contribution in [-0.2, 0) is 9.05 Å². The average Bonchev–Trinajstić information content (AvgIpc) is 3.58. The summed E-state index contributed by atoms with van der Waals surface area (Å²) in [7, 11) is 2.42.